The van der Waals surface area contributed by atoms with E-state index in [1.807, 2.05) is 18.2 Å². The van der Waals surface area contributed by atoms with Crippen LogP contribution < -0.4 is 5.56 Å². The molecule has 1 aliphatic heterocycles. The van der Waals surface area contributed by atoms with Gasteiger partial charge in [-0.1, -0.05) is 23.9 Å². The number of thioether (sulfide) groups is 1. The Morgan fingerprint density at radius 1 is 1.20 bits per heavy atom. The summed E-state index contributed by atoms with van der Waals surface area (Å²) < 4.78 is 20.5. The summed E-state index contributed by atoms with van der Waals surface area (Å²) in [6.07, 6.45) is 2.29. The lowest BCUT2D eigenvalue weighted by atomic mass is 10.2. The summed E-state index contributed by atoms with van der Waals surface area (Å²) in [5.41, 5.74) is 1.13. The normalized spacial score (nSPS) is 17.2. The van der Waals surface area contributed by atoms with E-state index >= 15 is 0 Å². The highest BCUT2D eigenvalue weighted by Crippen LogP contribution is 2.25. The third kappa shape index (κ3) is 3.32. The number of hydrogen-bond acceptors (Lipinski definition) is 4. The minimum atomic E-state index is -0.334. The molecule has 1 fully saturated rings. The maximum Gasteiger partial charge on any atom is 0.266 e. The number of nitrogens with zero attached hydrogens (tertiary/aromatic N) is 2. The third-order valence-electron chi connectivity index (χ3n) is 4.25. The molecule has 1 aromatic heterocycles. The molecule has 0 radical (unpaired) electrons. The quantitative estimate of drug-likeness (QED) is 0.527. The maximum absolute atomic E-state index is 13.3. The Labute approximate surface area is 148 Å². The molecule has 1 unspecified atom stereocenters. The zero-order valence-corrected chi connectivity index (χ0v) is 14.3. The van der Waals surface area contributed by atoms with E-state index in [9.17, 15) is 9.18 Å². The molecule has 128 valence electrons. The first-order valence-corrected chi connectivity index (χ1v) is 9.23. The Bertz CT molecular complexity index is 950. The summed E-state index contributed by atoms with van der Waals surface area (Å²) >= 11 is 1.51. The van der Waals surface area contributed by atoms with Crippen LogP contribution in [0.15, 0.2) is 58.5 Å². The minimum absolute atomic E-state index is 0.146. The Morgan fingerprint density at radius 2 is 2.00 bits per heavy atom. The van der Waals surface area contributed by atoms with Gasteiger partial charge in [0, 0.05) is 12.4 Å². The van der Waals surface area contributed by atoms with E-state index in [2.05, 4.69) is 4.98 Å². The minimum Gasteiger partial charge on any atom is -0.377 e. The fraction of sp³-hybridized carbons (Fsp3) is 0.263. The van der Waals surface area contributed by atoms with E-state index in [1.165, 1.54) is 23.9 Å². The second-order valence-corrected chi connectivity index (χ2v) is 6.96. The molecule has 6 heteroatoms. The molecular weight excluding hydrogens is 339 g/mol. The lowest BCUT2D eigenvalue weighted by Crippen LogP contribution is -2.22. The molecule has 25 heavy (non-hydrogen) atoms. The van der Waals surface area contributed by atoms with Gasteiger partial charge in [-0.05, 0) is 49.2 Å². The van der Waals surface area contributed by atoms with Crippen LogP contribution in [0.4, 0.5) is 4.39 Å². The molecular formula is C19H17FN2O2S. The average molecular weight is 356 g/mol. The summed E-state index contributed by atoms with van der Waals surface area (Å²) in [5.74, 6) is 0.408. The van der Waals surface area contributed by atoms with Crippen LogP contribution in [0, 0.1) is 5.82 Å². The second kappa shape index (κ2) is 6.98. The Morgan fingerprint density at radius 3 is 2.76 bits per heavy atom. The highest BCUT2D eigenvalue weighted by atomic mass is 32.2. The number of halogens is 1. The van der Waals surface area contributed by atoms with Gasteiger partial charge in [-0.25, -0.2) is 9.37 Å². The molecule has 0 N–H and O–H groups in total. The molecule has 4 rings (SSSR count). The third-order valence-corrected chi connectivity index (χ3v) is 5.32. The van der Waals surface area contributed by atoms with E-state index in [4.69, 9.17) is 4.74 Å². The Balaban J connectivity index is 1.81. The van der Waals surface area contributed by atoms with E-state index in [1.54, 1.807) is 22.8 Å². The van der Waals surface area contributed by atoms with Crippen LogP contribution in [-0.2, 0) is 4.74 Å². The number of fused-ring (bicyclic) bond motifs is 1. The Kier molecular flexibility index (Phi) is 4.55. The van der Waals surface area contributed by atoms with Crippen LogP contribution in [-0.4, -0.2) is 28.0 Å². The lowest BCUT2D eigenvalue weighted by Gasteiger charge is -2.14. The van der Waals surface area contributed by atoms with Crippen molar-refractivity contribution in [3.8, 4) is 5.69 Å². The van der Waals surface area contributed by atoms with Gasteiger partial charge in [-0.15, -0.1) is 0 Å². The largest absolute Gasteiger partial charge is 0.377 e. The molecule has 0 amide bonds. The smallest absolute Gasteiger partial charge is 0.266 e. The van der Waals surface area contributed by atoms with Crippen molar-refractivity contribution in [2.24, 2.45) is 0 Å². The zero-order valence-electron chi connectivity index (χ0n) is 13.5. The molecule has 2 aromatic carbocycles. The lowest BCUT2D eigenvalue weighted by molar-refractivity contribution is 0.129. The van der Waals surface area contributed by atoms with Gasteiger partial charge in [0.1, 0.15) is 5.82 Å². The van der Waals surface area contributed by atoms with Crippen molar-refractivity contribution >= 4 is 22.7 Å². The molecule has 2 heterocycles. The predicted molar refractivity (Wildman–Crippen MR) is 97.0 cm³/mol. The van der Waals surface area contributed by atoms with Crippen molar-refractivity contribution in [3.05, 3.63) is 64.7 Å². The van der Waals surface area contributed by atoms with Crippen LogP contribution in [0.5, 0.6) is 0 Å². The molecule has 0 bridgehead atoms. The standard InChI is InChI=1S/C19H17FN2O2S/c20-13-7-9-14(10-8-13)22-18(23)16-5-1-2-6-17(16)21-19(22)25-12-15-4-3-11-24-15/h1-2,5-10,15H,3-4,11-12H2. The Hall–Kier alpha value is -2.18. The van der Waals surface area contributed by atoms with Crippen molar-refractivity contribution in [2.75, 3.05) is 12.4 Å². The summed E-state index contributed by atoms with van der Waals surface area (Å²) in [7, 11) is 0. The van der Waals surface area contributed by atoms with Crippen LogP contribution in [0.2, 0.25) is 0 Å². The topological polar surface area (TPSA) is 44.1 Å². The van der Waals surface area contributed by atoms with E-state index in [0.717, 1.165) is 25.2 Å². The van der Waals surface area contributed by atoms with Crippen molar-refractivity contribution in [1.29, 1.82) is 0 Å². The van der Waals surface area contributed by atoms with Gasteiger partial charge < -0.3 is 4.74 Å². The van der Waals surface area contributed by atoms with Gasteiger partial charge in [-0.2, -0.15) is 0 Å². The zero-order chi connectivity index (χ0) is 17.2. The summed E-state index contributed by atoms with van der Waals surface area (Å²) in [4.78, 5) is 17.7. The predicted octanol–water partition coefficient (Wildman–Crippen LogP) is 3.80. The molecule has 4 nitrogen and oxygen atoms in total. The second-order valence-electron chi connectivity index (χ2n) is 5.97. The van der Waals surface area contributed by atoms with E-state index < -0.39 is 0 Å². The van der Waals surface area contributed by atoms with Crippen molar-refractivity contribution < 1.29 is 9.13 Å². The van der Waals surface area contributed by atoms with Gasteiger partial charge in [0.05, 0.1) is 22.7 Å². The monoisotopic (exact) mass is 356 g/mol. The highest BCUT2D eigenvalue weighted by molar-refractivity contribution is 7.99. The molecule has 1 aliphatic rings. The summed E-state index contributed by atoms with van der Waals surface area (Å²) in [5, 5.41) is 1.15. The molecule has 0 spiro atoms. The number of ether oxygens (including phenoxy) is 1. The molecule has 3 aromatic rings. The fourth-order valence-electron chi connectivity index (χ4n) is 2.97. The van der Waals surface area contributed by atoms with Crippen LogP contribution in [0.3, 0.4) is 0 Å². The molecule has 1 atom stereocenters. The first kappa shape index (κ1) is 16.3. The SMILES string of the molecule is O=c1c2ccccc2nc(SCC2CCCO2)n1-c1ccc(F)cc1. The van der Waals surface area contributed by atoms with E-state index in [-0.39, 0.29) is 17.5 Å². The van der Waals surface area contributed by atoms with Gasteiger partial charge in [-0.3, -0.25) is 9.36 Å². The fourth-order valence-corrected chi connectivity index (χ4v) is 4.05. The number of benzene rings is 2. The number of aromatic nitrogens is 2. The average Bonchev–Trinajstić information content (AvgIpc) is 3.15. The van der Waals surface area contributed by atoms with Crippen molar-refractivity contribution in [1.82, 2.24) is 9.55 Å². The summed E-state index contributed by atoms with van der Waals surface area (Å²) in [6.45, 7) is 0.793. The molecule has 0 aliphatic carbocycles. The number of para-hydroxylation sites is 1. The summed E-state index contributed by atoms with van der Waals surface area (Å²) in [6, 6.07) is 13.2. The maximum atomic E-state index is 13.3. The van der Waals surface area contributed by atoms with Gasteiger partial charge in [0.2, 0.25) is 0 Å². The molecule has 0 saturated carbocycles. The first-order chi connectivity index (χ1) is 12.2. The molecule has 1 saturated heterocycles. The van der Waals surface area contributed by atoms with Gasteiger partial charge in [0.25, 0.3) is 5.56 Å². The van der Waals surface area contributed by atoms with Crippen molar-refractivity contribution in [2.45, 2.75) is 24.1 Å². The van der Waals surface area contributed by atoms with Crippen LogP contribution >= 0.6 is 11.8 Å². The van der Waals surface area contributed by atoms with Crippen LogP contribution in [0.25, 0.3) is 16.6 Å². The van der Waals surface area contributed by atoms with E-state index in [0.29, 0.717) is 21.7 Å². The van der Waals surface area contributed by atoms with Gasteiger partial charge in [0.15, 0.2) is 5.16 Å². The highest BCUT2D eigenvalue weighted by Gasteiger charge is 2.19. The first-order valence-electron chi connectivity index (χ1n) is 8.24. The van der Waals surface area contributed by atoms with Gasteiger partial charge >= 0.3 is 0 Å². The van der Waals surface area contributed by atoms with Crippen LogP contribution in [0.1, 0.15) is 12.8 Å². The number of rotatable bonds is 4. The number of hydrogen-bond donors (Lipinski definition) is 0. The van der Waals surface area contributed by atoms with Crippen molar-refractivity contribution in [3.63, 3.8) is 0 Å².